The molecule has 11 heteroatoms. The number of aryl methyl sites for hydroxylation is 1. The first-order chi connectivity index (χ1) is 17.5. The first-order valence-corrected chi connectivity index (χ1v) is 11.5. The molecule has 1 atom stereocenters. The molecule has 37 heavy (non-hydrogen) atoms. The molecule has 2 amide bonds. The molecule has 0 radical (unpaired) electrons. The van der Waals surface area contributed by atoms with Crippen molar-refractivity contribution in [1.29, 1.82) is 0 Å². The van der Waals surface area contributed by atoms with Gasteiger partial charge in [0.15, 0.2) is 11.6 Å². The lowest BCUT2D eigenvalue weighted by Gasteiger charge is -2.25. The van der Waals surface area contributed by atoms with E-state index >= 15 is 0 Å². The molecular weight excluding hydrogens is 492 g/mol. The van der Waals surface area contributed by atoms with Crippen molar-refractivity contribution >= 4 is 23.3 Å². The number of alkyl halides is 3. The maximum Gasteiger partial charge on any atom is 0.416 e. The molecule has 1 aliphatic carbocycles. The summed E-state index contributed by atoms with van der Waals surface area (Å²) in [5, 5.41) is 5.09. The van der Waals surface area contributed by atoms with Crippen LogP contribution in [-0.2, 0) is 35.2 Å². The number of nitrogens with one attached hydrogen (secondary N) is 2. The van der Waals surface area contributed by atoms with Crippen molar-refractivity contribution in [2.45, 2.75) is 38.9 Å². The molecule has 0 saturated heterocycles. The average molecular weight is 516 g/mol. The highest BCUT2D eigenvalue weighted by Gasteiger charge is 2.32. The molecule has 4 rings (SSSR count). The Hall–Kier alpha value is -3.99. The molecule has 1 unspecified atom stereocenters. The summed E-state index contributed by atoms with van der Waals surface area (Å²) < 4.78 is 60.1. The Balaban J connectivity index is 1.51. The summed E-state index contributed by atoms with van der Waals surface area (Å²) in [4.78, 5) is 28.2. The number of pyridine rings is 1. The molecule has 1 heterocycles. The van der Waals surface area contributed by atoms with Crippen molar-refractivity contribution in [3.63, 3.8) is 0 Å². The van der Waals surface area contributed by atoms with Crippen LogP contribution in [0.4, 0.5) is 29.1 Å². The summed E-state index contributed by atoms with van der Waals surface area (Å²) in [6.07, 6.45) is -2.09. The molecule has 7 nitrogen and oxygen atoms in total. The van der Waals surface area contributed by atoms with E-state index in [1.165, 1.54) is 43.5 Å². The van der Waals surface area contributed by atoms with Crippen molar-refractivity contribution in [1.82, 2.24) is 4.98 Å². The lowest BCUT2D eigenvalue weighted by molar-refractivity contribution is -0.137. The topological polar surface area (TPSA) is 106 Å². The molecule has 1 aromatic heterocycles. The fourth-order valence-corrected chi connectivity index (χ4v) is 4.20. The van der Waals surface area contributed by atoms with Crippen molar-refractivity contribution in [3.05, 3.63) is 76.7 Å². The third-order valence-corrected chi connectivity index (χ3v) is 5.94. The van der Waals surface area contributed by atoms with E-state index in [-0.39, 0.29) is 47.4 Å². The molecule has 2 aromatic carbocycles. The molecular formula is C26H24F4N4O3. The number of carbonyl (C=O) groups excluding carboxylic acids is 2. The average Bonchev–Trinajstić information content (AvgIpc) is 2.83. The van der Waals surface area contributed by atoms with Crippen LogP contribution in [0.5, 0.6) is 11.5 Å². The van der Waals surface area contributed by atoms with E-state index in [9.17, 15) is 27.2 Å². The molecule has 3 aromatic rings. The van der Waals surface area contributed by atoms with Crippen LogP contribution in [0.15, 0.2) is 48.7 Å². The Labute approximate surface area is 210 Å². The van der Waals surface area contributed by atoms with Crippen LogP contribution < -0.4 is 21.1 Å². The molecule has 0 spiro atoms. The SMILES string of the molecule is CC(=O)Nc1cc(Oc2cc3c(cc2F)CCC(C(=O)Nc2cc(CN)cc(C(F)(F)F)c2)C3)ccn1. The smallest absolute Gasteiger partial charge is 0.416 e. The van der Waals surface area contributed by atoms with Gasteiger partial charge in [-0.2, -0.15) is 13.2 Å². The monoisotopic (exact) mass is 516 g/mol. The number of anilines is 2. The van der Waals surface area contributed by atoms with Crippen LogP contribution in [0.1, 0.15) is 35.6 Å². The van der Waals surface area contributed by atoms with E-state index in [0.717, 1.165) is 17.7 Å². The maximum atomic E-state index is 14.7. The van der Waals surface area contributed by atoms with Crippen molar-refractivity contribution in [2.24, 2.45) is 11.7 Å². The number of carbonyl (C=O) groups is 2. The molecule has 0 saturated carbocycles. The van der Waals surface area contributed by atoms with Crippen LogP contribution in [0.3, 0.4) is 0 Å². The zero-order valence-electron chi connectivity index (χ0n) is 19.8. The van der Waals surface area contributed by atoms with E-state index in [4.69, 9.17) is 10.5 Å². The molecule has 0 bridgehead atoms. The highest BCUT2D eigenvalue weighted by Crippen LogP contribution is 2.35. The Kier molecular flexibility index (Phi) is 7.44. The van der Waals surface area contributed by atoms with Crippen molar-refractivity contribution < 1.29 is 31.9 Å². The van der Waals surface area contributed by atoms with Gasteiger partial charge >= 0.3 is 6.18 Å². The predicted octanol–water partition coefficient (Wildman–Crippen LogP) is 5.19. The minimum absolute atomic E-state index is 0.0156. The van der Waals surface area contributed by atoms with Crippen LogP contribution >= 0.6 is 0 Å². The van der Waals surface area contributed by atoms with Gasteiger partial charge in [0.05, 0.1) is 5.56 Å². The summed E-state index contributed by atoms with van der Waals surface area (Å²) >= 11 is 0. The Morgan fingerprint density at radius 2 is 1.89 bits per heavy atom. The maximum absolute atomic E-state index is 14.7. The number of ether oxygens (including phenoxy) is 1. The summed E-state index contributed by atoms with van der Waals surface area (Å²) in [5.41, 5.74) is 6.32. The van der Waals surface area contributed by atoms with Crippen LogP contribution in [0.2, 0.25) is 0 Å². The van der Waals surface area contributed by atoms with E-state index in [2.05, 4.69) is 15.6 Å². The summed E-state index contributed by atoms with van der Waals surface area (Å²) in [7, 11) is 0. The van der Waals surface area contributed by atoms with E-state index in [0.29, 0.717) is 18.4 Å². The Morgan fingerprint density at radius 1 is 1.11 bits per heavy atom. The van der Waals surface area contributed by atoms with Crippen LogP contribution in [-0.4, -0.2) is 16.8 Å². The molecule has 0 aliphatic heterocycles. The van der Waals surface area contributed by atoms with Crippen LogP contribution in [0.25, 0.3) is 0 Å². The zero-order chi connectivity index (χ0) is 26.7. The van der Waals surface area contributed by atoms with E-state index in [1.807, 2.05) is 0 Å². The second-order valence-electron chi connectivity index (χ2n) is 8.76. The standard InChI is InChI=1S/C26H24F4N4O3/c1-14(35)33-24-12-21(4-5-32-24)37-23-10-18-8-17(3-2-16(18)9-22(23)27)25(36)34-20-7-15(13-31)6-19(11-20)26(28,29)30/h4-7,9-12,17H,2-3,8,13,31H2,1H3,(H,34,36)(H,32,33,35). The van der Waals surface area contributed by atoms with Gasteiger partial charge in [0, 0.05) is 37.3 Å². The van der Waals surface area contributed by atoms with Crippen molar-refractivity contribution in [3.8, 4) is 11.5 Å². The van der Waals surface area contributed by atoms with Gasteiger partial charge in [0.1, 0.15) is 11.6 Å². The highest BCUT2D eigenvalue weighted by molar-refractivity contribution is 5.93. The summed E-state index contributed by atoms with van der Waals surface area (Å²) in [5.74, 6) is -1.44. The Bertz CT molecular complexity index is 1340. The minimum Gasteiger partial charge on any atom is -0.454 e. The fourth-order valence-electron chi connectivity index (χ4n) is 4.20. The normalized spacial score (nSPS) is 15.0. The predicted molar refractivity (Wildman–Crippen MR) is 128 cm³/mol. The van der Waals surface area contributed by atoms with Crippen LogP contribution in [0, 0.1) is 11.7 Å². The number of fused-ring (bicyclic) bond motifs is 1. The largest absolute Gasteiger partial charge is 0.454 e. The van der Waals surface area contributed by atoms with E-state index < -0.39 is 29.4 Å². The highest BCUT2D eigenvalue weighted by atomic mass is 19.4. The second-order valence-corrected chi connectivity index (χ2v) is 8.76. The number of nitrogens with zero attached hydrogens (tertiary/aromatic N) is 1. The number of halogens is 4. The van der Waals surface area contributed by atoms with Gasteiger partial charge in [-0.3, -0.25) is 9.59 Å². The third kappa shape index (κ3) is 6.42. The number of amides is 2. The number of rotatable bonds is 6. The second kappa shape index (κ2) is 10.6. The van der Waals surface area contributed by atoms with E-state index in [1.54, 1.807) is 0 Å². The summed E-state index contributed by atoms with van der Waals surface area (Å²) in [6, 6.07) is 9.06. The van der Waals surface area contributed by atoms with Gasteiger partial charge in [-0.25, -0.2) is 9.37 Å². The quantitative estimate of drug-likeness (QED) is 0.391. The Morgan fingerprint density at radius 3 is 2.59 bits per heavy atom. The zero-order valence-corrected chi connectivity index (χ0v) is 19.8. The molecule has 0 fully saturated rings. The molecule has 1 aliphatic rings. The lowest BCUT2D eigenvalue weighted by Crippen LogP contribution is -2.28. The van der Waals surface area contributed by atoms with Crippen molar-refractivity contribution in [2.75, 3.05) is 10.6 Å². The summed E-state index contributed by atoms with van der Waals surface area (Å²) in [6.45, 7) is 1.22. The first kappa shape index (κ1) is 26.1. The molecule has 194 valence electrons. The lowest BCUT2D eigenvalue weighted by atomic mass is 9.83. The third-order valence-electron chi connectivity index (χ3n) is 5.94. The van der Waals surface area contributed by atoms with Gasteiger partial charge in [0.2, 0.25) is 11.8 Å². The fraction of sp³-hybridized carbons (Fsp3) is 0.269. The number of benzene rings is 2. The minimum atomic E-state index is -4.58. The first-order valence-electron chi connectivity index (χ1n) is 11.5. The van der Waals surface area contributed by atoms with Gasteiger partial charge in [-0.1, -0.05) is 0 Å². The van der Waals surface area contributed by atoms with Gasteiger partial charge in [-0.05, 0) is 72.4 Å². The van der Waals surface area contributed by atoms with Gasteiger partial charge < -0.3 is 21.1 Å². The number of hydrogen-bond acceptors (Lipinski definition) is 5. The van der Waals surface area contributed by atoms with Gasteiger partial charge in [-0.15, -0.1) is 0 Å². The number of nitrogens with two attached hydrogens (primary N) is 1. The number of aromatic nitrogens is 1. The number of hydrogen-bond donors (Lipinski definition) is 3. The van der Waals surface area contributed by atoms with Gasteiger partial charge in [0.25, 0.3) is 0 Å². The molecule has 4 N–H and O–H groups in total.